The summed E-state index contributed by atoms with van der Waals surface area (Å²) in [6, 6.07) is 0. The van der Waals surface area contributed by atoms with Gasteiger partial charge in [-0.3, -0.25) is 14.7 Å². The largest absolute Gasteiger partial charge is 0.304 e. The number of rotatable bonds is 16. The van der Waals surface area contributed by atoms with Gasteiger partial charge in [-0.1, -0.05) is 74.7 Å². The molecule has 0 saturated carbocycles. The summed E-state index contributed by atoms with van der Waals surface area (Å²) in [4.78, 5) is 10.6. The second-order valence-electron chi connectivity index (χ2n) is 12.6. The van der Waals surface area contributed by atoms with E-state index in [9.17, 15) is 0 Å². The molecule has 0 amide bonds. The van der Waals surface area contributed by atoms with Gasteiger partial charge in [0.05, 0.1) is 11.1 Å². The lowest BCUT2D eigenvalue weighted by Crippen LogP contribution is -2.51. The van der Waals surface area contributed by atoms with E-state index in [1.165, 1.54) is 45.4 Å². The van der Waals surface area contributed by atoms with Crippen LogP contribution in [0, 0.1) is 0 Å². The SMILES string of the molecule is CCN(CCCN(CCCN(C(C)(C)C)C(C)(C)I)C(C)I)CCCN(C(C)(C)C)C(C)(C)I. The van der Waals surface area contributed by atoms with Gasteiger partial charge in [0.25, 0.3) is 0 Å². The molecule has 206 valence electrons. The van der Waals surface area contributed by atoms with Crippen LogP contribution in [0.2, 0.25) is 0 Å². The molecule has 4 nitrogen and oxygen atoms in total. The van der Waals surface area contributed by atoms with Crippen LogP contribution in [0.25, 0.3) is 0 Å². The fourth-order valence-corrected chi connectivity index (χ4v) is 7.56. The summed E-state index contributed by atoms with van der Waals surface area (Å²) in [6.45, 7) is 36.3. The predicted molar refractivity (Wildman–Crippen MR) is 180 cm³/mol. The highest BCUT2D eigenvalue weighted by Crippen LogP contribution is 2.31. The van der Waals surface area contributed by atoms with Crippen molar-refractivity contribution in [2.75, 3.05) is 45.8 Å². The van der Waals surface area contributed by atoms with Crippen LogP contribution >= 0.6 is 67.8 Å². The van der Waals surface area contributed by atoms with E-state index >= 15 is 0 Å². The van der Waals surface area contributed by atoms with E-state index in [0.29, 0.717) is 4.05 Å². The summed E-state index contributed by atoms with van der Waals surface area (Å²) >= 11 is 7.78. The molecule has 0 bridgehead atoms. The van der Waals surface area contributed by atoms with Crippen molar-refractivity contribution in [3.05, 3.63) is 0 Å². The van der Waals surface area contributed by atoms with Gasteiger partial charge in [-0.25, -0.2) is 0 Å². The van der Waals surface area contributed by atoms with Crippen molar-refractivity contribution in [1.29, 1.82) is 0 Å². The van der Waals surface area contributed by atoms with Crippen molar-refractivity contribution >= 4 is 67.8 Å². The number of hydrogen-bond acceptors (Lipinski definition) is 4. The molecule has 0 aliphatic carbocycles. The molecule has 1 unspecified atom stereocenters. The molecule has 0 radical (unpaired) electrons. The Hall–Kier alpha value is 2.03. The monoisotopic (exact) mass is 818 g/mol. The first-order valence-electron chi connectivity index (χ1n) is 13.2. The first-order valence-corrected chi connectivity index (χ1v) is 16.6. The Labute approximate surface area is 255 Å². The van der Waals surface area contributed by atoms with Crippen LogP contribution < -0.4 is 0 Å². The van der Waals surface area contributed by atoms with Crippen LogP contribution in [-0.2, 0) is 0 Å². The normalized spacial score (nSPS) is 15.3. The minimum Gasteiger partial charge on any atom is -0.304 e. The molecule has 1 atom stereocenters. The highest BCUT2D eigenvalue weighted by Gasteiger charge is 2.33. The predicted octanol–water partition coefficient (Wildman–Crippen LogP) is 8.10. The van der Waals surface area contributed by atoms with Gasteiger partial charge in [0.1, 0.15) is 0 Å². The van der Waals surface area contributed by atoms with Crippen LogP contribution in [0.1, 0.15) is 102 Å². The van der Waals surface area contributed by atoms with Gasteiger partial charge in [-0.15, -0.1) is 0 Å². The highest BCUT2D eigenvalue weighted by molar-refractivity contribution is 14.1. The minimum atomic E-state index is 0.174. The molecular weight excluding hydrogens is 761 g/mol. The zero-order chi connectivity index (χ0) is 27.0. The van der Waals surface area contributed by atoms with Crippen LogP contribution in [0.4, 0.5) is 0 Å². The number of hydrogen-bond donors (Lipinski definition) is 0. The Morgan fingerprint density at radius 3 is 1.18 bits per heavy atom. The Morgan fingerprint density at radius 2 is 0.912 bits per heavy atom. The first kappa shape index (κ1) is 36.0. The molecule has 0 aromatic carbocycles. The van der Waals surface area contributed by atoms with Gasteiger partial charge in [-0.05, 0) is 115 Å². The molecule has 34 heavy (non-hydrogen) atoms. The van der Waals surface area contributed by atoms with Gasteiger partial charge >= 0.3 is 0 Å². The molecule has 0 N–H and O–H groups in total. The minimum absolute atomic E-state index is 0.174. The standard InChI is InChI=1S/C27H57I3N4/c1-13-31(18-15-21-33(24(3,4)5)26(9,10)29)17-14-19-32(23(2)28)20-16-22-34(25(6,7)8)27(11,12)30/h23H,13-22H2,1-12H3. The van der Waals surface area contributed by atoms with Crippen molar-refractivity contribution in [1.82, 2.24) is 19.6 Å². The third-order valence-electron chi connectivity index (χ3n) is 6.46. The van der Waals surface area contributed by atoms with E-state index in [1.54, 1.807) is 0 Å². The fourth-order valence-electron chi connectivity index (χ4n) is 5.08. The van der Waals surface area contributed by atoms with Crippen molar-refractivity contribution in [2.24, 2.45) is 0 Å². The summed E-state index contributed by atoms with van der Waals surface area (Å²) in [5, 5.41) is 0. The van der Waals surface area contributed by atoms with E-state index in [1.807, 2.05) is 0 Å². The smallest absolute Gasteiger partial charge is 0.0677 e. The fraction of sp³-hybridized carbons (Fsp3) is 1.00. The third-order valence-corrected chi connectivity index (χ3v) is 8.41. The maximum absolute atomic E-state index is 2.68. The quantitative estimate of drug-likeness (QED) is 0.0888. The molecule has 0 saturated heterocycles. The summed E-state index contributed by atoms with van der Waals surface area (Å²) in [6.07, 6.45) is 3.71. The third kappa shape index (κ3) is 14.8. The molecule has 0 aliphatic rings. The second-order valence-corrected chi connectivity index (χ2v) is 19.7. The van der Waals surface area contributed by atoms with Crippen molar-refractivity contribution in [3.8, 4) is 0 Å². The van der Waals surface area contributed by atoms with E-state index in [0.717, 1.165) is 19.6 Å². The number of nitrogens with zero attached hydrogens (tertiary/aromatic N) is 4. The lowest BCUT2D eigenvalue weighted by atomic mass is 10.0. The summed E-state index contributed by atoms with van der Waals surface area (Å²) in [5.41, 5.74) is 0.399. The van der Waals surface area contributed by atoms with E-state index < -0.39 is 0 Å². The lowest BCUT2D eigenvalue weighted by Gasteiger charge is -2.44. The van der Waals surface area contributed by atoms with Gasteiger partial charge < -0.3 is 4.90 Å². The summed E-state index contributed by atoms with van der Waals surface area (Å²) in [7, 11) is 0. The maximum atomic E-state index is 2.68. The summed E-state index contributed by atoms with van der Waals surface area (Å²) in [5.74, 6) is 0. The Bertz CT molecular complexity index is 514. The van der Waals surface area contributed by atoms with E-state index in [-0.39, 0.29) is 18.2 Å². The highest BCUT2D eigenvalue weighted by atomic mass is 127. The molecule has 0 heterocycles. The Balaban J connectivity index is 4.65. The van der Waals surface area contributed by atoms with E-state index in [2.05, 4.69) is 170 Å². The molecule has 0 spiro atoms. The Kier molecular flexibility index (Phi) is 16.5. The first-order chi connectivity index (χ1) is 15.2. The van der Waals surface area contributed by atoms with Gasteiger partial charge in [0.2, 0.25) is 0 Å². The van der Waals surface area contributed by atoms with Crippen LogP contribution in [-0.4, -0.2) is 87.6 Å². The van der Waals surface area contributed by atoms with Crippen LogP contribution in [0.5, 0.6) is 0 Å². The molecule has 0 aliphatic heterocycles. The Morgan fingerprint density at radius 1 is 0.588 bits per heavy atom. The van der Waals surface area contributed by atoms with Crippen molar-refractivity contribution in [2.45, 2.75) is 125 Å². The van der Waals surface area contributed by atoms with Crippen molar-refractivity contribution in [3.63, 3.8) is 0 Å². The van der Waals surface area contributed by atoms with Gasteiger partial charge in [0.15, 0.2) is 0 Å². The molecule has 0 rings (SSSR count). The second kappa shape index (κ2) is 15.6. The zero-order valence-corrected chi connectivity index (χ0v) is 31.0. The molecule has 7 heteroatoms. The summed E-state index contributed by atoms with van der Waals surface area (Å²) < 4.78 is 0.932. The van der Waals surface area contributed by atoms with E-state index in [4.69, 9.17) is 0 Å². The molecule has 0 aromatic heterocycles. The topological polar surface area (TPSA) is 13.0 Å². The molecular formula is C27H57I3N4. The molecule has 0 fully saturated rings. The van der Waals surface area contributed by atoms with Gasteiger partial charge in [0, 0.05) is 37.3 Å². The lowest BCUT2D eigenvalue weighted by molar-refractivity contribution is 0.0820. The average molecular weight is 818 g/mol. The van der Waals surface area contributed by atoms with Crippen LogP contribution in [0.15, 0.2) is 0 Å². The maximum Gasteiger partial charge on any atom is 0.0677 e. The van der Waals surface area contributed by atoms with Crippen molar-refractivity contribution < 1.29 is 0 Å². The number of halogens is 3. The van der Waals surface area contributed by atoms with Gasteiger partial charge in [-0.2, -0.15) is 0 Å². The molecule has 0 aromatic rings. The average Bonchev–Trinajstić information content (AvgIpc) is 2.60. The zero-order valence-electron chi connectivity index (χ0n) is 24.6. The number of alkyl halides is 3. The van der Waals surface area contributed by atoms with Crippen LogP contribution in [0.3, 0.4) is 0 Å².